The number of carbonyl (C=O) groups excluding carboxylic acids is 6. The molecule has 6 aromatic rings. The van der Waals surface area contributed by atoms with Crippen LogP contribution in [-0.2, 0) is 46.9 Å². The predicted molar refractivity (Wildman–Crippen MR) is 300 cm³/mol. The molecule has 0 unspecified atom stereocenters. The van der Waals surface area contributed by atoms with Crippen molar-refractivity contribution in [2.24, 2.45) is 17.8 Å². The second kappa shape index (κ2) is 23.6. The van der Waals surface area contributed by atoms with Crippen LogP contribution < -0.4 is 16.0 Å². The summed E-state index contributed by atoms with van der Waals surface area (Å²) < 4.78 is 37.2. The van der Waals surface area contributed by atoms with Crippen LogP contribution in [0.5, 0.6) is 0 Å². The number of benzene rings is 3. The van der Waals surface area contributed by atoms with Crippen LogP contribution >= 0.6 is 41.8 Å². The molecule has 3 aliphatic rings. The number of anilines is 3. The number of nitrogens with one attached hydrogen (secondary N) is 3. The summed E-state index contributed by atoms with van der Waals surface area (Å²) in [5, 5.41) is 10.2. The SMILES string of the molecule is CC(C)(OP(=O)(OC(C)(C)C(=O)C1CCN(CC(=O)Nc2nc3ccccc3s2)CC1)OC(C)(C)C(=O)C1CCN(CC(=O)Nc2nc3ccccc3s2)CC1)C(=O)C1CCN(CC(=O)Nc2nc3ccccc3s2)CC1. The summed E-state index contributed by atoms with van der Waals surface area (Å²) >= 11 is 4.19. The zero-order chi connectivity index (χ0) is 54.7. The number of phosphoric acid groups is 1. The lowest BCUT2D eigenvalue weighted by atomic mass is 9.85. The van der Waals surface area contributed by atoms with E-state index in [9.17, 15) is 28.8 Å². The highest BCUT2D eigenvalue weighted by Crippen LogP contribution is 2.59. The van der Waals surface area contributed by atoms with Crippen molar-refractivity contribution in [3.8, 4) is 0 Å². The van der Waals surface area contributed by atoms with Crippen LogP contribution in [0.1, 0.15) is 80.1 Å². The molecule has 3 amide bonds. The molecule has 19 nitrogen and oxygen atoms in total. The van der Waals surface area contributed by atoms with E-state index in [0.29, 0.717) is 93.2 Å². The first-order valence-corrected chi connectivity index (χ1v) is 30.0. The number of aromatic nitrogens is 3. The number of amides is 3. The molecule has 3 aliphatic heterocycles. The van der Waals surface area contributed by atoms with Crippen molar-refractivity contribution in [1.29, 1.82) is 0 Å². The molecule has 0 aliphatic carbocycles. The fourth-order valence-electron chi connectivity index (χ4n) is 10.4. The molecule has 3 fully saturated rings. The van der Waals surface area contributed by atoms with Crippen molar-refractivity contribution in [2.45, 2.75) is 96.9 Å². The second-order valence-corrected chi connectivity index (χ2v) is 26.1. The Morgan fingerprint density at radius 3 is 0.961 bits per heavy atom. The minimum absolute atomic E-state index is 0.110. The fraction of sp³-hybridized carbons (Fsp3) is 0.500. The lowest BCUT2D eigenvalue weighted by Crippen LogP contribution is -2.49. The standard InChI is InChI=1S/C54H66N9O10PS3/c1-52(2,46(67)34-19-25-61(26-20-34)31-43(64)58-49-55-37-13-7-10-16-40(37)75-49)71-74(70,72-53(3,4)47(68)35-21-27-62(28-22-35)32-44(65)59-50-56-38-14-8-11-17-41(38)76-50)73-54(5,6)48(69)36-23-29-63(30-24-36)33-45(66)60-51-57-39-15-9-12-18-42(39)77-51/h7-18,34-36H,19-33H2,1-6H3,(H,55,58,64)(H,56,59,65)(H,57,60,66). The van der Waals surface area contributed by atoms with Gasteiger partial charge in [0, 0.05) is 17.8 Å². The van der Waals surface area contributed by atoms with Crippen LogP contribution in [0.15, 0.2) is 72.8 Å². The second-order valence-electron chi connectivity index (χ2n) is 21.6. The van der Waals surface area contributed by atoms with Gasteiger partial charge in [-0.1, -0.05) is 70.4 Å². The Labute approximate surface area is 459 Å². The highest BCUT2D eigenvalue weighted by atomic mass is 32.1. The first-order chi connectivity index (χ1) is 36.6. The highest BCUT2D eigenvalue weighted by Gasteiger charge is 2.52. The van der Waals surface area contributed by atoms with E-state index in [1.165, 1.54) is 75.6 Å². The molecule has 0 atom stereocenters. The molecule has 9 rings (SSSR count). The van der Waals surface area contributed by atoms with Crippen LogP contribution in [0.2, 0.25) is 0 Å². The normalized spacial score (nSPS) is 17.5. The minimum Gasteiger partial charge on any atom is -0.301 e. The lowest BCUT2D eigenvalue weighted by Gasteiger charge is -2.40. The number of para-hydroxylation sites is 3. The summed E-state index contributed by atoms with van der Waals surface area (Å²) in [6.45, 7) is 11.9. The van der Waals surface area contributed by atoms with Crippen LogP contribution in [0.3, 0.4) is 0 Å². The van der Waals surface area contributed by atoms with Crippen LogP contribution in [0.25, 0.3) is 30.6 Å². The van der Waals surface area contributed by atoms with Crippen LogP contribution in [0, 0.1) is 17.8 Å². The number of carbonyl (C=O) groups is 6. The molecule has 0 radical (unpaired) electrons. The summed E-state index contributed by atoms with van der Waals surface area (Å²) in [6, 6.07) is 22.9. The fourth-order valence-corrected chi connectivity index (χ4v) is 15.1. The topological polar surface area (TPSA) is 232 Å². The van der Waals surface area contributed by atoms with Gasteiger partial charge in [0.2, 0.25) is 17.7 Å². The van der Waals surface area contributed by atoms with E-state index in [1.54, 1.807) is 0 Å². The van der Waals surface area contributed by atoms with Gasteiger partial charge in [-0.2, -0.15) is 0 Å². The largest absolute Gasteiger partial charge is 0.477 e. The molecule has 3 N–H and O–H groups in total. The van der Waals surface area contributed by atoms with E-state index in [1.807, 2.05) is 87.5 Å². The number of ketones is 3. The van der Waals surface area contributed by atoms with E-state index in [0.717, 1.165) is 30.6 Å². The average Bonchev–Trinajstić information content (AvgIpc) is 4.12. The van der Waals surface area contributed by atoms with Crippen molar-refractivity contribution in [1.82, 2.24) is 29.7 Å². The van der Waals surface area contributed by atoms with E-state index >= 15 is 4.57 Å². The van der Waals surface area contributed by atoms with Crippen molar-refractivity contribution in [3.05, 3.63) is 72.8 Å². The summed E-state index contributed by atoms with van der Waals surface area (Å²) in [7, 11) is -4.99. The number of piperidine rings is 3. The summed E-state index contributed by atoms with van der Waals surface area (Å²) in [4.78, 5) is 102. The molecular formula is C54H66N9O10PS3. The number of rotatable bonds is 21. The third-order valence-corrected chi connectivity index (χ3v) is 19.3. The van der Waals surface area contributed by atoms with E-state index in [2.05, 4.69) is 30.9 Å². The number of nitrogens with zero attached hydrogens (tertiary/aromatic N) is 6. The van der Waals surface area contributed by atoms with Gasteiger partial charge in [-0.25, -0.2) is 19.5 Å². The van der Waals surface area contributed by atoms with Gasteiger partial charge in [-0.05, 0) is 156 Å². The molecular weight excluding hydrogens is 1060 g/mol. The molecule has 410 valence electrons. The molecule has 6 heterocycles. The number of phosphoric ester groups is 1. The highest BCUT2D eigenvalue weighted by molar-refractivity contribution is 7.48. The number of likely N-dealkylation sites (tertiary alicyclic amines) is 3. The summed E-state index contributed by atoms with van der Waals surface area (Å²) in [6.07, 6.45) is 2.36. The lowest BCUT2D eigenvalue weighted by molar-refractivity contribution is -0.150. The smallest absolute Gasteiger partial charge is 0.301 e. The number of Topliss-reactive ketones (excluding diaryl/α,β-unsaturated/α-hetero) is 3. The maximum atomic E-state index is 15.5. The monoisotopic (exact) mass is 1130 g/mol. The molecule has 3 aromatic heterocycles. The van der Waals surface area contributed by atoms with E-state index < -0.39 is 42.4 Å². The summed E-state index contributed by atoms with van der Waals surface area (Å²) in [5.74, 6) is -3.35. The first-order valence-electron chi connectivity index (χ1n) is 26.1. The van der Waals surface area contributed by atoms with Gasteiger partial charge in [-0.15, -0.1) is 0 Å². The van der Waals surface area contributed by atoms with Gasteiger partial charge in [0.15, 0.2) is 32.7 Å². The van der Waals surface area contributed by atoms with Gasteiger partial charge in [0.1, 0.15) is 16.8 Å². The van der Waals surface area contributed by atoms with E-state index in [-0.39, 0.29) is 54.7 Å². The van der Waals surface area contributed by atoms with Gasteiger partial charge in [0.25, 0.3) is 0 Å². The first kappa shape index (κ1) is 56.5. The average molecular weight is 1130 g/mol. The Bertz CT molecular complexity index is 2770. The maximum absolute atomic E-state index is 15.5. The quantitative estimate of drug-likeness (QED) is 0.0571. The third-order valence-electron chi connectivity index (χ3n) is 14.4. The molecule has 23 heteroatoms. The number of hydrogen-bond donors (Lipinski definition) is 3. The molecule has 3 aromatic carbocycles. The Morgan fingerprint density at radius 2 is 0.714 bits per heavy atom. The van der Waals surface area contributed by atoms with E-state index in [4.69, 9.17) is 13.6 Å². The third kappa shape index (κ3) is 14.1. The Morgan fingerprint density at radius 1 is 0.468 bits per heavy atom. The van der Waals surface area contributed by atoms with Gasteiger partial charge in [0.05, 0.1) is 50.3 Å². The molecule has 0 bridgehead atoms. The van der Waals surface area contributed by atoms with Crippen molar-refractivity contribution >= 4 is 123 Å². The van der Waals surface area contributed by atoms with Crippen molar-refractivity contribution in [2.75, 3.05) is 74.9 Å². The van der Waals surface area contributed by atoms with Crippen LogP contribution in [0.4, 0.5) is 15.4 Å². The Balaban J connectivity index is 0.826. The molecule has 0 spiro atoms. The van der Waals surface area contributed by atoms with Gasteiger partial charge in [-0.3, -0.25) is 57.0 Å². The molecule has 3 saturated heterocycles. The number of fused-ring (bicyclic) bond motifs is 3. The number of thiazole rings is 3. The predicted octanol–water partition coefficient (Wildman–Crippen LogP) is 9.07. The van der Waals surface area contributed by atoms with Crippen molar-refractivity contribution in [3.63, 3.8) is 0 Å². The van der Waals surface area contributed by atoms with Crippen LogP contribution in [-0.4, -0.2) is 140 Å². The maximum Gasteiger partial charge on any atom is 0.477 e. The Kier molecular flexibility index (Phi) is 17.3. The summed E-state index contributed by atoms with van der Waals surface area (Å²) in [5.41, 5.74) is -2.92. The zero-order valence-electron chi connectivity index (χ0n) is 44.2. The molecule has 0 saturated carbocycles. The van der Waals surface area contributed by atoms with Gasteiger partial charge >= 0.3 is 7.82 Å². The van der Waals surface area contributed by atoms with Crippen molar-refractivity contribution < 1.29 is 46.9 Å². The Hall–Kier alpha value is -5.26. The minimum atomic E-state index is -4.99. The number of hydrogen-bond acceptors (Lipinski definition) is 19. The zero-order valence-corrected chi connectivity index (χ0v) is 47.5. The molecule has 77 heavy (non-hydrogen) atoms. The van der Waals surface area contributed by atoms with Gasteiger partial charge < -0.3 is 16.0 Å².